The molecule has 118 valence electrons. The maximum absolute atomic E-state index is 5.97. The van der Waals surface area contributed by atoms with Crippen molar-refractivity contribution in [3.05, 3.63) is 34.9 Å². The summed E-state index contributed by atoms with van der Waals surface area (Å²) in [6.07, 6.45) is 0.918. The summed E-state index contributed by atoms with van der Waals surface area (Å²) in [6, 6.07) is 7.94. The summed E-state index contributed by atoms with van der Waals surface area (Å²) in [4.78, 5) is 4.21. The van der Waals surface area contributed by atoms with Crippen LogP contribution in [0.5, 0.6) is 0 Å². The van der Waals surface area contributed by atoms with E-state index in [-0.39, 0.29) is 5.54 Å². The highest BCUT2D eigenvalue weighted by Crippen LogP contribution is 2.10. The molecule has 0 atom stereocenters. The molecular formula is C16H27ClN4. The first-order chi connectivity index (χ1) is 9.90. The SMILES string of the molecule is CN=C(NCCNC(C)(C)C)NCCc1cccc(Cl)c1. The van der Waals surface area contributed by atoms with Gasteiger partial charge in [0, 0.05) is 37.2 Å². The minimum absolute atomic E-state index is 0.144. The Hall–Kier alpha value is -1.26. The van der Waals surface area contributed by atoms with Gasteiger partial charge in [-0.25, -0.2) is 0 Å². The van der Waals surface area contributed by atoms with E-state index in [0.717, 1.165) is 37.0 Å². The molecule has 0 fully saturated rings. The van der Waals surface area contributed by atoms with Crippen molar-refractivity contribution >= 4 is 17.6 Å². The Morgan fingerprint density at radius 1 is 1.14 bits per heavy atom. The lowest BCUT2D eigenvalue weighted by atomic mass is 10.1. The minimum atomic E-state index is 0.144. The van der Waals surface area contributed by atoms with Crippen molar-refractivity contribution in [3.8, 4) is 0 Å². The lowest BCUT2D eigenvalue weighted by molar-refractivity contribution is 0.428. The largest absolute Gasteiger partial charge is 0.356 e. The van der Waals surface area contributed by atoms with Crippen molar-refractivity contribution in [2.24, 2.45) is 4.99 Å². The Labute approximate surface area is 133 Å². The van der Waals surface area contributed by atoms with Crippen LogP contribution in [0.4, 0.5) is 0 Å². The van der Waals surface area contributed by atoms with E-state index in [1.54, 1.807) is 7.05 Å². The van der Waals surface area contributed by atoms with Gasteiger partial charge in [0.25, 0.3) is 0 Å². The van der Waals surface area contributed by atoms with Gasteiger partial charge in [-0.15, -0.1) is 0 Å². The van der Waals surface area contributed by atoms with Crippen LogP contribution in [-0.2, 0) is 6.42 Å². The molecule has 21 heavy (non-hydrogen) atoms. The fourth-order valence-corrected chi connectivity index (χ4v) is 2.07. The molecule has 0 radical (unpaired) electrons. The molecule has 1 aromatic carbocycles. The Bertz CT molecular complexity index is 452. The van der Waals surface area contributed by atoms with Crippen LogP contribution in [0.25, 0.3) is 0 Å². The van der Waals surface area contributed by atoms with Crippen LogP contribution in [0.3, 0.4) is 0 Å². The maximum Gasteiger partial charge on any atom is 0.191 e. The number of aliphatic imine (C=N–C) groups is 1. The second kappa shape index (κ2) is 8.90. The van der Waals surface area contributed by atoms with Gasteiger partial charge >= 0.3 is 0 Å². The van der Waals surface area contributed by atoms with Crippen LogP contribution in [0.15, 0.2) is 29.3 Å². The standard InChI is InChI=1S/C16H27ClN4/c1-16(2,3)21-11-10-20-15(18-4)19-9-8-13-6-5-7-14(17)12-13/h5-7,12,21H,8-11H2,1-4H3,(H2,18,19,20). The van der Waals surface area contributed by atoms with E-state index in [1.807, 2.05) is 18.2 Å². The fourth-order valence-electron chi connectivity index (χ4n) is 1.86. The van der Waals surface area contributed by atoms with Gasteiger partial charge < -0.3 is 16.0 Å². The van der Waals surface area contributed by atoms with Crippen molar-refractivity contribution < 1.29 is 0 Å². The number of hydrogen-bond acceptors (Lipinski definition) is 2. The van der Waals surface area contributed by atoms with Gasteiger partial charge in [0.2, 0.25) is 0 Å². The summed E-state index contributed by atoms with van der Waals surface area (Å²) < 4.78 is 0. The van der Waals surface area contributed by atoms with E-state index in [4.69, 9.17) is 11.6 Å². The van der Waals surface area contributed by atoms with Gasteiger partial charge in [0.15, 0.2) is 5.96 Å². The Morgan fingerprint density at radius 3 is 2.48 bits per heavy atom. The van der Waals surface area contributed by atoms with Gasteiger partial charge in [0.05, 0.1) is 0 Å². The van der Waals surface area contributed by atoms with Crippen molar-refractivity contribution in [2.45, 2.75) is 32.7 Å². The molecule has 0 aliphatic heterocycles. The number of rotatable bonds is 6. The van der Waals surface area contributed by atoms with Gasteiger partial charge in [-0.2, -0.15) is 0 Å². The predicted octanol–water partition coefficient (Wildman–Crippen LogP) is 2.44. The molecular weight excluding hydrogens is 284 g/mol. The quantitative estimate of drug-likeness (QED) is 0.430. The van der Waals surface area contributed by atoms with Crippen LogP contribution < -0.4 is 16.0 Å². The first-order valence-corrected chi connectivity index (χ1v) is 7.72. The Morgan fingerprint density at radius 2 is 1.86 bits per heavy atom. The normalized spacial score (nSPS) is 12.3. The summed E-state index contributed by atoms with van der Waals surface area (Å²) in [6.45, 7) is 9.04. The van der Waals surface area contributed by atoms with Crippen LogP contribution in [0, 0.1) is 0 Å². The highest BCUT2D eigenvalue weighted by molar-refractivity contribution is 6.30. The van der Waals surface area contributed by atoms with Crippen LogP contribution >= 0.6 is 11.6 Å². The highest BCUT2D eigenvalue weighted by Gasteiger charge is 2.07. The second-order valence-corrected chi connectivity index (χ2v) is 6.42. The van der Waals surface area contributed by atoms with Crippen molar-refractivity contribution in [2.75, 3.05) is 26.7 Å². The van der Waals surface area contributed by atoms with E-state index in [9.17, 15) is 0 Å². The molecule has 4 nitrogen and oxygen atoms in total. The molecule has 1 rings (SSSR count). The third-order valence-corrected chi connectivity index (χ3v) is 3.13. The van der Waals surface area contributed by atoms with Crippen LogP contribution in [-0.4, -0.2) is 38.2 Å². The molecule has 0 aliphatic rings. The number of guanidine groups is 1. The molecule has 0 heterocycles. The molecule has 0 aliphatic carbocycles. The smallest absolute Gasteiger partial charge is 0.191 e. The average Bonchev–Trinajstić information content (AvgIpc) is 2.40. The lowest BCUT2D eigenvalue weighted by Gasteiger charge is -2.21. The molecule has 0 saturated heterocycles. The molecule has 1 aromatic rings. The van der Waals surface area contributed by atoms with Gasteiger partial charge in [0.1, 0.15) is 0 Å². The zero-order chi connectivity index (χ0) is 15.7. The summed E-state index contributed by atoms with van der Waals surface area (Å²) in [5, 5.41) is 10.8. The van der Waals surface area contributed by atoms with Crippen molar-refractivity contribution in [3.63, 3.8) is 0 Å². The summed E-state index contributed by atoms with van der Waals surface area (Å²) in [5.41, 5.74) is 1.37. The van der Waals surface area contributed by atoms with Crippen LogP contribution in [0.1, 0.15) is 26.3 Å². The second-order valence-electron chi connectivity index (χ2n) is 5.98. The van der Waals surface area contributed by atoms with Crippen molar-refractivity contribution in [1.29, 1.82) is 0 Å². The summed E-state index contributed by atoms with van der Waals surface area (Å²) >= 11 is 5.97. The topological polar surface area (TPSA) is 48.5 Å². The first kappa shape index (κ1) is 17.8. The number of nitrogens with one attached hydrogen (secondary N) is 3. The molecule has 5 heteroatoms. The molecule has 3 N–H and O–H groups in total. The van der Waals surface area contributed by atoms with E-state index < -0.39 is 0 Å². The molecule has 0 aromatic heterocycles. The van der Waals surface area contributed by atoms with E-state index >= 15 is 0 Å². The predicted molar refractivity (Wildman–Crippen MR) is 92.3 cm³/mol. The number of nitrogens with zero attached hydrogens (tertiary/aromatic N) is 1. The first-order valence-electron chi connectivity index (χ1n) is 7.35. The number of halogens is 1. The third-order valence-electron chi connectivity index (χ3n) is 2.89. The average molecular weight is 311 g/mol. The van der Waals surface area contributed by atoms with Gasteiger partial charge in [-0.05, 0) is 44.9 Å². The van der Waals surface area contributed by atoms with Crippen LogP contribution in [0.2, 0.25) is 5.02 Å². The zero-order valence-electron chi connectivity index (χ0n) is 13.5. The molecule has 0 spiro atoms. The maximum atomic E-state index is 5.97. The molecule has 0 bridgehead atoms. The third kappa shape index (κ3) is 8.58. The molecule has 0 saturated carbocycles. The minimum Gasteiger partial charge on any atom is -0.356 e. The number of benzene rings is 1. The summed E-state index contributed by atoms with van der Waals surface area (Å²) in [7, 11) is 1.78. The van der Waals surface area contributed by atoms with E-state index in [1.165, 1.54) is 5.56 Å². The zero-order valence-corrected chi connectivity index (χ0v) is 14.2. The van der Waals surface area contributed by atoms with Crippen molar-refractivity contribution in [1.82, 2.24) is 16.0 Å². The fraction of sp³-hybridized carbons (Fsp3) is 0.562. The number of hydrogen-bond donors (Lipinski definition) is 3. The summed E-state index contributed by atoms with van der Waals surface area (Å²) in [5.74, 6) is 0.827. The van der Waals surface area contributed by atoms with Gasteiger partial charge in [-0.1, -0.05) is 23.7 Å². The molecule has 0 unspecified atom stereocenters. The highest BCUT2D eigenvalue weighted by atomic mass is 35.5. The van der Waals surface area contributed by atoms with Gasteiger partial charge in [-0.3, -0.25) is 4.99 Å². The van der Waals surface area contributed by atoms with E-state index in [2.05, 4.69) is 47.8 Å². The monoisotopic (exact) mass is 310 g/mol. The Balaban J connectivity index is 2.23. The molecule has 0 amide bonds. The van der Waals surface area contributed by atoms with E-state index in [0.29, 0.717) is 0 Å². The lowest BCUT2D eigenvalue weighted by Crippen LogP contribution is -2.44. The Kier molecular flexibility index (Phi) is 7.54.